The van der Waals surface area contributed by atoms with Gasteiger partial charge in [0.25, 0.3) is 0 Å². The zero-order valence-electron chi connectivity index (χ0n) is 17.5. The number of fused-ring (bicyclic) bond motifs is 1. The van der Waals surface area contributed by atoms with Gasteiger partial charge in [-0.1, -0.05) is 18.2 Å². The minimum atomic E-state index is -0.186. The van der Waals surface area contributed by atoms with Gasteiger partial charge in [0.05, 0.1) is 12.7 Å². The van der Waals surface area contributed by atoms with E-state index >= 15 is 0 Å². The van der Waals surface area contributed by atoms with Crippen molar-refractivity contribution in [3.63, 3.8) is 0 Å². The lowest BCUT2D eigenvalue weighted by Crippen LogP contribution is -2.50. The van der Waals surface area contributed by atoms with Crippen LogP contribution in [0.25, 0.3) is 0 Å². The molecule has 4 rings (SSSR count). The first-order valence-corrected chi connectivity index (χ1v) is 10.8. The summed E-state index contributed by atoms with van der Waals surface area (Å²) in [6, 6.07) is 10.3. The highest BCUT2D eigenvalue weighted by Crippen LogP contribution is 2.37. The van der Waals surface area contributed by atoms with E-state index in [1.54, 1.807) is 0 Å². The fraction of sp³-hybridized carbons (Fsp3) is 0.500. The fourth-order valence-electron chi connectivity index (χ4n) is 4.92. The summed E-state index contributed by atoms with van der Waals surface area (Å²) in [5.41, 5.74) is 2.93. The maximum Gasteiger partial charge on any atom is 0.161 e. The van der Waals surface area contributed by atoms with Gasteiger partial charge >= 0.3 is 0 Å². The Kier molecular flexibility index (Phi) is 6.56. The molecule has 2 unspecified atom stereocenters. The van der Waals surface area contributed by atoms with Crippen LogP contribution in [0.3, 0.4) is 0 Å². The monoisotopic (exact) mass is 414 g/mol. The van der Waals surface area contributed by atoms with E-state index in [1.165, 1.54) is 23.8 Å². The number of aromatic hydroxyl groups is 2. The summed E-state index contributed by atoms with van der Waals surface area (Å²) in [5.74, 6) is 0.243. The number of likely N-dealkylation sites (tertiary alicyclic amines) is 1. The van der Waals surface area contributed by atoms with Crippen molar-refractivity contribution in [2.24, 2.45) is 5.92 Å². The van der Waals surface area contributed by atoms with Gasteiger partial charge in [-0.25, -0.2) is 4.39 Å². The summed E-state index contributed by atoms with van der Waals surface area (Å²) in [5, 5.41) is 23.6. The zero-order valence-corrected chi connectivity index (χ0v) is 17.5. The molecule has 2 aliphatic rings. The first-order valence-electron chi connectivity index (χ1n) is 10.8. The van der Waals surface area contributed by atoms with Crippen LogP contribution in [-0.2, 0) is 24.2 Å². The molecule has 162 valence electrons. The maximum absolute atomic E-state index is 13.1. The topological polar surface area (TPSA) is 65.0 Å². The fourth-order valence-corrected chi connectivity index (χ4v) is 4.92. The molecule has 0 aliphatic carbocycles. The predicted molar refractivity (Wildman–Crippen MR) is 114 cm³/mol. The Hall–Kier alpha value is -2.15. The molecule has 0 amide bonds. The lowest BCUT2D eigenvalue weighted by atomic mass is 9.83. The number of ether oxygens (including phenoxy) is 1. The first kappa shape index (κ1) is 21.1. The SMILES string of the molecule is CNC(C1CCN(CCc2ccc(F)cc2)CC1)C1Cc2c(ccc(O)c2O)CO1. The summed E-state index contributed by atoms with van der Waals surface area (Å²) in [6.07, 6.45) is 3.70. The van der Waals surface area contributed by atoms with Gasteiger partial charge in [0, 0.05) is 24.6 Å². The van der Waals surface area contributed by atoms with E-state index in [1.807, 2.05) is 25.2 Å². The second kappa shape index (κ2) is 9.33. The van der Waals surface area contributed by atoms with Crippen molar-refractivity contribution in [1.29, 1.82) is 0 Å². The van der Waals surface area contributed by atoms with Crippen LogP contribution < -0.4 is 5.32 Å². The number of phenols is 2. The molecule has 0 saturated carbocycles. The Labute approximate surface area is 177 Å². The number of hydrogen-bond acceptors (Lipinski definition) is 5. The van der Waals surface area contributed by atoms with E-state index in [0.29, 0.717) is 18.9 Å². The minimum absolute atomic E-state index is 0.00809. The molecule has 0 spiro atoms. The highest BCUT2D eigenvalue weighted by molar-refractivity contribution is 5.49. The highest BCUT2D eigenvalue weighted by atomic mass is 19.1. The van der Waals surface area contributed by atoms with Gasteiger partial charge in [-0.05, 0) is 74.6 Å². The largest absolute Gasteiger partial charge is 0.504 e. The molecule has 1 fully saturated rings. The maximum atomic E-state index is 13.1. The van der Waals surface area contributed by atoms with Crippen molar-refractivity contribution in [2.75, 3.05) is 26.7 Å². The highest BCUT2D eigenvalue weighted by Gasteiger charge is 2.35. The molecule has 6 heteroatoms. The van der Waals surface area contributed by atoms with E-state index in [-0.39, 0.29) is 29.5 Å². The van der Waals surface area contributed by atoms with E-state index in [9.17, 15) is 14.6 Å². The Bertz CT molecular complexity index is 850. The Morgan fingerprint density at radius 3 is 2.57 bits per heavy atom. The summed E-state index contributed by atoms with van der Waals surface area (Å²) in [6.45, 7) is 3.53. The standard InChI is InChI=1S/C24H31FN2O3/c1-26-23(22-14-20-18(15-30-22)4-7-21(28)24(20)29)17-9-12-27(13-10-17)11-8-16-2-5-19(25)6-3-16/h2-7,17,22-23,26,28-29H,8-15H2,1H3. The summed E-state index contributed by atoms with van der Waals surface area (Å²) in [4.78, 5) is 2.48. The third-order valence-corrected chi connectivity index (χ3v) is 6.72. The number of hydrogen-bond donors (Lipinski definition) is 3. The molecular formula is C24H31FN2O3. The Balaban J connectivity index is 1.32. The third kappa shape index (κ3) is 4.61. The number of rotatable bonds is 6. The average molecular weight is 415 g/mol. The second-order valence-corrected chi connectivity index (χ2v) is 8.49. The summed E-state index contributed by atoms with van der Waals surface area (Å²) in [7, 11) is 1.98. The minimum Gasteiger partial charge on any atom is -0.504 e. The number of likely N-dealkylation sites (N-methyl/N-ethyl adjacent to an activating group) is 1. The molecule has 2 atom stereocenters. The van der Waals surface area contributed by atoms with Crippen molar-refractivity contribution in [2.45, 2.75) is 44.4 Å². The molecule has 1 saturated heterocycles. The number of phenolic OH excluding ortho intramolecular Hbond substituents is 2. The number of halogens is 1. The van der Waals surface area contributed by atoms with Crippen molar-refractivity contribution in [1.82, 2.24) is 10.2 Å². The van der Waals surface area contributed by atoms with Gasteiger partial charge in [-0.2, -0.15) is 0 Å². The molecule has 2 aromatic carbocycles. The Morgan fingerprint density at radius 1 is 1.13 bits per heavy atom. The molecule has 30 heavy (non-hydrogen) atoms. The van der Waals surface area contributed by atoms with Crippen LogP contribution in [-0.4, -0.2) is 53.9 Å². The molecule has 2 aliphatic heterocycles. The average Bonchev–Trinajstić information content (AvgIpc) is 2.77. The Morgan fingerprint density at radius 2 is 1.87 bits per heavy atom. The lowest BCUT2D eigenvalue weighted by molar-refractivity contribution is -0.0177. The van der Waals surface area contributed by atoms with Crippen molar-refractivity contribution < 1.29 is 19.3 Å². The van der Waals surface area contributed by atoms with Gasteiger partial charge in [-0.3, -0.25) is 0 Å². The number of piperidine rings is 1. The van der Waals surface area contributed by atoms with E-state index in [2.05, 4.69) is 10.2 Å². The van der Waals surface area contributed by atoms with Crippen molar-refractivity contribution in [3.05, 3.63) is 58.9 Å². The van der Waals surface area contributed by atoms with Crippen molar-refractivity contribution in [3.8, 4) is 11.5 Å². The first-order chi connectivity index (χ1) is 14.5. The molecule has 2 heterocycles. The lowest BCUT2D eigenvalue weighted by Gasteiger charge is -2.40. The van der Waals surface area contributed by atoms with Crippen LogP contribution in [0.15, 0.2) is 36.4 Å². The van der Waals surface area contributed by atoms with Crippen LogP contribution in [0.2, 0.25) is 0 Å². The summed E-state index contributed by atoms with van der Waals surface area (Å²) < 4.78 is 19.2. The smallest absolute Gasteiger partial charge is 0.161 e. The third-order valence-electron chi connectivity index (χ3n) is 6.72. The normalized spacial score (nSPS) is 21.3. The molecule has 0 radical (unpaired) electrons. The van der Waals surface area contributed by atoms with E-state index in [4.69, 9.17) is 4.74 Å². The zero-order chi connectivity index (χ0) is 21.1. The molecule has 0 bridgehead atoms. The van der Waals surface area contributed by atoms with Crippen LogP contribution in [0.1, 0.15) is 29.5 Å². The van der Waals surface area contributed by atoms with Crippen LogP contribution in [0.4, 0.5) is 4.39 Å². The number of benzene rings is 2. The summed E-state index contributed by atoms with van der Waals surface area (Å²) >= 11 is 0. The van der Waals surface area contributed by atoms with Gasteiger partial charge < -0.3 is 25.2 Å². The molecule has 5 nitrogen and oxygen atoms in total. The van der Waals surface area contributed by atoms with E-state index < -0.39 is 0 Å². The van der Waals surface area contributed by atoms with Gasteiger partial charge in [0.2, 0.25) is 0 Å². The number of nitrogens with one attached hydrogen (secondary N) is 1. The van der Waals surface area contributed by atoms with Gasteiger partial charge in [-0.15, -0.1) is 0 Å². The van der Waals surface area contributed by atoms with Gasteiger partial charge in [0.15, 0.2) is 11.5 Å². The van der Waals surface area contributed by atoms with Crippen LogP contribution >= 0.6 is 0 Å². The van der Waals surface area contributed by atoms with Crippen molar-refractivity contribution >= 4 is 0 Å². The van der Waals surface area contributed by atoms with Crippen LogP contribution in [0.5, 0.6) is 11.5 Å². The quantitative estimate of drug-likeness (QED) is 0.634. The molecule has 3 N–H and O–H groups in total. The van der Waals surface area contributed by atoms with Gasteiger partial charge in [0.1, 0.15) is 5.82 Å². The molecule has 2 aromatic rings. The molecule has 0 aromatic heterocycles. The molecular weight excluding hydrogens is 383 g/mol. The second-order valence-electron chi connectivity index (χ2n) is 8.49. The van der Waals surface area contributed by atoms with Crippen LogP contribution in [0, 0.1) is 11.7 Å². The van der Waals surface area contributed by atoms with E-state index in [0.717, 1.165) is 50.0 Å². The number of nitrogens with zero attached hydrogens (tertiary/aromatic N) is 1. The predicted octanol–water partition coefficient (Wildman–Crippen LogP) is 3.22.